The molecule has 4 aromatic rings. The summed E-state index contributed by atoms with van der Waals surface area (Å²) >= 11 is 0. The minimum atomic E-state index is -1.01. The lowest BCUT2D eigenvalue weighted by molar-refractivity contribution is -0.131. The molecule has 9 nitrogen and oxygen atoms in total. The summed E-state index contributed by atoms with van der Waals surface area (Å²) in [6, 6.07) is 16.8. The number of nitriles is 1. The number of amides is 1. The third-order valence-electron chi connectivity index (χ3n) is 11.9. The number of hydrogen-bond acceptors (Lipinski definition) is 8. The molecule has 4 aliphatic rings. The number of carbonyl (C=O) groups is 1. The average molecular weight is 726 g/mol. The van der Waals surface area contributed by atoms with Crippen LogP contribution in [-0.4, -0.2) is 71.5 Å². The molecule has 8 rings (SSSR count). The van der Waals surface area contributed by atoms with Crippen LogP contribution in [0.25, 0.3) is 11.1 Å². The van der Waals surface area contributed by atoms with E-state index in [0.29, 0.717) is 25.5 Å². The molecule has 0 unspecified atom stereocenters. The maximum Gasteiger partial charge on any atom is 0.282 e. The number of pyridine rings is 2. The second-order valence-corrected chi connectivity index (χ2v) is 15.3. The molecule has 0 radical (unpaired) electrons. The Labute approximate surface area is 317 Å². The van der Waals surface area contributed by atoms with Crippen LogP contribution >= 0.6 is 0 Å². The molecule has 3 aliphatic heterocycles. The summed E-state index contributed by atoms with van der Waals surface area (Å²) in [5, 5.41) is 9.79. The van der Waals surface area contributed by atoms with Crippen LogP contribution in [0.15, 0.2) is 61.1 Å². The van der Waals surface area contributed by atoms with Gasteiger partial charge in [0.05, 0.1) is 24.1 Å². The van der Waals surface area contributed by atoms with Gasteiger partial charge in [-0.3, -0.25) is 9.78 Å². The first-order valence-electron chi connectivity index (χ1n) is 19.3. The maximum atomic E-state index is 14.2. The number of hydrogen-bond donors (Lipinski definition) is 0. The van der Waals surface area contributed by atoms with Gasteiger partial charge in [0.2, 0.25) is 5.88 Å². The van der Waals surface area contributed by atoms with E-state index in [1.807, 2.05) is 6.20 Å². The fourth-order valence-electron chi connectivity index (χ4n) is 9.18. The molecule has 5 heterocycles. The molecule has 0 saturated carbocycles. The summed E-state index contributed by atoms with van der Waals surface area (Å²) in [5.74, 6) is 0.373. The van der Waals surface area contributed by atoms with Crippen molar-refractivity contribution in [1.29, 1.82) is 5.26 Å². The number of likely N-dealkylation sites (N-methyl/N-ethyl adjacent to an activating group) is 1. The molecule has 0 spiro atoms. The zero-order chi connectivity index (χ0) is 37.5. The molecule has 2 aromatic carbocycles. The van der Waals surface area contributed by atoms with Gasteiger partial charge >= 0.3 is 0 Å². The lowest BCUT2D eigenvalue weighted by Gasteiger charge is -2.43. The molecule has 1 aliphatic carbocycles. The summed E-state index contributed by atoms with van der Waals surface area (Å²) < 4.78 is 21.3. The molecule has 2 aromatic heterocycles. The third kappa shape index (κ3) is 6.59. The Morgan fingerprint density at radius 2 is 1.70 bits per heavy atom. The summed E-state index contributed by atoms with van der Waals surface area (Å²) in [6.45, 7) is 11.8. The average Bonchev–Trinajstić information content (AvgIpc) is 3.17. The van der Waals surface area contributed by atoms with E-state index in [2.05, 4.69) is 90.7 Å². The highest BCUT2D eigenvalue weighted by atomic mass is 19.1. The van der Waals surface area contributed by atoms with E-state index in [4.69, 9.17) is 14.7 Å². The number of aromatic nitrogens is 2. The zero-order valence-corrected chi connectivity index (χ0v) is 31.6. The van der Waals surface area contributed by atoms with Crippen molar-refractivity contribution in [2.24, 2.45) is 0 Å². The molecular weight excluding hydrogens is 678 g/mol. The Bertz CT molecular complexity index is 2160. The van der Waals surface area contributed by atoms with Gasteiger partial charge in [0.25, 0.3) is 5.91 Å². The number of carbonyl (C=O) groups excluding carboxylic acids is 1. The first-order chi connectivity index (χ1) is 26.2. The van der Waals surface area contributed by atoms with E-state index in [0.717, 1.165) is 90.4 Å². The fraction of sp³-hybridized carbons (Fsp3) is 0.409. The van der Waals surface area contributed by atoms with Gasteiger partial charge in [0, 0.05) is 80.1 Å². The molecular formula is C44H48FN7O2. The lowest BCUT2D eigenvalue weighted by atomic mass is 9.87. The van der Waals surface area contributed by atoms with Gasteiger partial charge in [-0.2, -0.15) is 10.2 Å². The van der Waals surface area contributed by atoms with E-state index in [1.165, 1.54) is 45.7 Å². The second-order valence-electron chi connectivity index (χ2n) is 15.3. The van der Waals surface area contributed by atoms with Crippen LogP contribution in [0.4, 0.5) is 15.9 Å². The monoisotopic (exact) mass is 725 g/mol. The first-order valence-corrected chi connectivity index (χ1v) is 19.3. The molecule has 54 heavy (non-hydrogen) atoms. The van der Waals surface area contributed by atoms with Crippen molar-refractivity contribution in [1.82, 2.24) is 19.8 Å². The minimum Gasteiger partial charge on any atom is -0.438 e. The van der Waals surface area contributed by atoms with Crippen molar-refractivity contribution < 1.29 is 13.9 Å². The van der Waals surface area contributed by atoms with Gasteiger partial charge in [0.1, 0.15) is 11.6 Å². The number of halogens is 1. The van der Waals surface area contributed by atoms with Crippen LogP contribution in [-0.2, 0) is 43.6 Å². The Morgan fingerprint density at radius 3 is 2.52 bits per heavy atom. The molecule has 278 valence electrons. The van der Waals surface area contributed by atoms with Gasteiger partial charge in [0.15, 0.2) is 5.83 Å². The smallest absolute Gasteiger partial charge is 0.282 e. The minimum absolute atomic E-state index is 0.0741. The lowest BCUT2D eigenvalue weighted by Crippen LogP contribution is -2.55. The van der Waals surface area contributed by atoms with Crippen LogP contribution in [0, 0.1) is 25.2 Å². The quantitative estimate of drug-likeness (QED) is 0.182. The van der Waals surface area contributed by atoms with Gasteiger partial charge in [-0.05, 0) is 105 Å². The highest BCUT2D eigenvalue weighted by Gasteiger charge is 2.37. The number of ether oxygens (including phenoxy) is 1. The van der Waals surface area contributed by atoms with E-state index < -0.39 is 17.8 Å². The summed E-state index contributed by atoms with van der Waals surface area (Å²) in [5.41, 5.74) is 13.0. The maximum absolute atomic E-state index is 14.2. The van der Waals surface area contributed by atoms with Crippen molar-refractivity contribution in [3.8, 4) is 28.8 Å². The summed E-state index contributed by atoms with van der Waals surface area (Å²) in [7, 11) is 2.14. The van der Waals surface area contributed by atoms with E-state index in [9.17, 15) is 14.4 Å². The molecule has 1 amide bonds. The van der Waals surface area contributed by atoms with E-state index in [-0.39, 0.29) is 13.0 Å². The highest BCUT2D eigenvalue weighted by Crippen LogP contribution is 2.46. The van der Waals surface area contributed by atoms with Gasteiger partial charge < -0.3 is 24.3 Å². The van der Waals surface area contributed by atoms with E-state index >= 15 is 0 Å². The van der Waals surface area contributed by atoms with Gasteiger partial charge in [-0.25, -0.2) is 4.39 Å². The Balaban J connectivity index is 1.32. The van der Waals surface area contributed by atoms with E-state index in [1.54, 1.807) is 0 Å². The molecule has 1 atom stereocenters. The predicted molar refractivity (Wildman–Crippen MR) is 210 cm³/mol. The highest BCUT2D eigenvalue weighted by molar-refractivity contribution is 5.91. The van der Waals surface area contributed by atoms with Gasteiger partial charge in [-0.1, -0.05) is 30.8 Å². The number of rotatable bonds is 7. The van der Waals surface area contributed by atoms with Crippen molar-refractivity contribution in [3.63, 3.8) is 0 Å². The molecule has 0 bridgehead atoms. The third-order valence-corrected chi connectivity index (χ3v) is 11.9. The van der Waals surface area contributed by atoms with Crippen LogP contribution in [0.1, 0.15) is 63.9 Å². The van der Waals surface area contributed by atoms with Crippen LogP contribution < -0.4 is 14.5 Å². The zero-order valence-electron chi connectivity index (χ0n) is 31.6. The first kappa shape index (κ1) is 35.7. The van der Waals surface area contributed by atoms with Crippen molar-refractivity contribution in [2.75, 3.05) is 49.6 Å². The molecule has 1 fully saturated rings. The van der Waals surface area contributed by atoms with Crippen LogP contribution in [0.3, 0.4) is 0 Å². The largest absolute Gasteiger partial charge is 0.438 e. The number of benzene rings is 2. The molecule has 0 N–H and O–H groups in total. The SMILES string of the molecule is C=C(F)C(=O)N1CCN(c2nc(Oc3cccc4c3CCN(C)C4)c(-c3c(C)ccnc3C)c3c2CCN(c2cccc4c2CCCC4)C3)C[C@@H]1CC#N. The van der Waals surface area contributed by atoms with Crippen molar-refractivity contribution in [3.05, 3.63) is 106 Å². The number of fused-ring (bicyclic) bond motifs is 3. The van der Waals surface area contributed by atoms with Crippen LogP contribution in [0.2, 0.25) is 0 Å². The number of piperazine rings is 1. The summed E-state index contributed by atoms with van der Waals surface area (Å²) in [4.78, 5) is 31.6. The second kappa shape index (κ2) is 14.9. The Hall–Kier alpha value is -5.27. The fourth-order valence-corrected chi connectivity index (χ4v) is 9.18. The van der Waals surface area contributed by atoms with Crippen LogP contribution in [0.5, 0.6) is 11.6 Å². The number of nitrogens with zero attached hydrogens (tertiary/aromatic N) is 7. The van der Waals surface area contributed by atoms with Gasteiger partial charge in [-0.15, -0.1) is 0 Å². The number of anilines is 2. The van der Waals surface area contributed by atoms with Crippen molar-refractivity contribution in [2.45, 2.75) is 77.9 Å². The topological polar surface area (TPSA) is 88.8 Å². The molecule has 1 saturated heterocycles. The normalized spacial score (nSPS) is 18.4. The standard InChI is InChI=1S/C44H48FN7O2/c1-28-16-20-47-30(3)40(28)41-37-27-50(38-13-7-10-31-9-5-6-12-34(31)38)22-18-36(37)42(51-23-24-52(44(53)29(2)45)33(26-51)15-19-46)48-43(41)54-39-14-8-11-32-25-49(4)21-17-35(32)39/h7-8,10-11,13-14,16,20,33H,2,5-6,9,12,15,17-18,21-27H2,1,3-4H3/t33-/m0/s1. The van der Waals surface area contributed by atoms with Crippen molar-refractivity contribution >= 4 is 17.4 Å². The number of aryl methyl sites for hydroxylation is 3. The predicted octanol–water partition coefficient (Wildman–Crippen LogP) is 7.40. The Morgan fingerprint density at radius 1 is 0.907 bits per heavy atom. The Kier molecular flexibility index (Phi) is 9.84. The summed E-state index contributed by atoms with van der Waals surface area (Å²) in [6.07, 6.45) is 8.19. The molecule has 10 heteroatoms.